The quantitative estimate of drug-likeness (QED) is 0.488. The second-order valence-electron chi connectivity index (χ2n) is 5.20. The third kappa shape index (κ3) is 3.30. The Morgan fingerprint density at radius 3 is 2.75 bits per heavy atom. The first kappa shape index (κ1) is 15.8. The number of carbonyl (C=O) groups is 2. The Morgan fingerprint density at radius 2 is 2.00 bits per heavy atom. The summed E-state index contributed by atoms with van der Waals surface area (Å²) in [4.78, 5) is 23.4. The van der Waals surface area contributed by atoms with Gasteiger partial charge in [-0.05, 0) is 42.8 Å². The second kappa shape index (κ2) is 6.58. The van der Waals surface area contributed by atoms with Crippen LogP contribution in [0, 0.1) is 0 Å². The maximum atomic E-state index is 12.4. The summed E-state index contributed by atoms with van der Waals surface area (Å²) in [5.41, 5.74) is 1.20. The molecule has 0 fully saturated rings. The minimum Gasteiger partial charge on any atom is -0.494 e. The van der Waals surface area contributed by atoms with Crippen LogP contribution in [0.5, 0.6) is 17.2 Å². The topological polar surface area (TPSA) is 61.8 Å². The largest absolute Gasteiger partial charge is 0.494 e. The van der Waals surface area contributed by atoms with E-state index in [-0.39, 0.29) is 11.5 Å². The Balaban J connectivity index is 1.87. The van der Waals surface area contributed by atoms with Crippen molar-refractivity contribution in [3.63, 3.8) is 0 Å². The van der Waals surface area contributed by atoms with Crippen LogP contribution in [0.25, 0.3) is 6.08 Å². The number of Topliss-reactive ketones (excluding diaryl/α,β-unsaturated/α-hetero) is 1. The van der Waals surface area contributed by atoms with Crippen LogP contribution in [0.15, 0.2) is 48.2 Å². The molecule has 5 nitrogen and oxygen atoms in total. The van der Waals surface area contributed by atoms with E-state index in [2.05, 4.69) is 0 Å². The minimum atomic E-state index is -0.399. The Bertz CT molecular complexity index is 835. The van der Waals surface area contributed by atoms with Gasteiger partial charge in [-0.2, -0.15) is 0 Å². The lowest BCUT2D eigenvalue weighted by Crippen LogP contribution is -2.01. The molecule has 2 aromatic rings. The maximum Gasteiger partial charge on any atom is 0.308 e. The highest BCUT2D eigenvalue weighted by Gasteiger charge is 2.27. The molecular formula is C19H16O5. The van der Waals surface area contributed by atoms with E-state index in [0.29, 0.717) is 35.0 Å². The average Bonchev–Trinajstić information content (AvgIpc) is 2.83. The number of allylic oxidation sites excluding steroid dienone is 1. The first-order valence-electron chi connectivity index (χ1n) is 7.56. The summed E-state index contributed by atoms with van der Waals surface area (Å²) in [5.74, 6) is 1.18. The van der Waals surface area contributed by atoms with Crippen molar-refractivity contribution in [3.8, 4) is 17.2 Å². The van der Waals surface area contributed by atoms with E-state index in [4.69, 9.17) is 14.2 Å². The van der Waals surface area contributed by atoms with Gasteiger partial charge in [-0.1, -0.05) is 12.1 Å². The maximum absolute atomic E-state index is 12.4. The SMILES string of the molecule is CCOc1ccc2c(c1)O/C(=C\c1cccc(OC(C)=O)c1)C2=O. The molecule has 0 aliphatic carbocycles. The number of ether oxygens (including phenoxy) is 3. The predicted octanol–water partition coefficient (Wildman–Crippen LogP) is 3.63. The molecule has 1 aliphatic rings. The van der Waals surface area contributed by atoms with Crippen LogP contribution in [-0.4, -0.2) is 18.4 Å². The molecule has 0 spiro atoms. The van der Waals surface area contributed by atoms with E-state index in [0.717, 1.165) is 0 Å². The third-order valence-corrected chi connectivity index (χ3v) is 3.37. The van der Waals surface area contributed by atoms with Crippen LogP contribution in [0.4, 0.5) is 0 Å². The van der Waals surface area contributed by atoms with E-state index in [1.165, 1.54) is 6.92 Å². The van der Waals surface area contributed by atoms with E-state index < -0.39 is 5.97 Å². The molecule has 0 saturated carbocycles. The third-order valence-electron chi connectivity index (χ3n) is 3.37. The number of ketones is 1. The summed E-state index contributed by atoms with van der Waals surface area (Å²) in [6.07, 6.45) is 1.62. The lowest BCUT2D eigenvalue weighted by atomic mass is 10.1. The highest BCUT2D eigenvalue weighted by atomic mass is 16.5. The fourth-order valence-corrected chi connectivity index (χ4v) is 2.41. The summed E-state index contributed by atoms with van der Waals surface area (Å²) in [7, 11) is 0. The molecule has 0 bridgehead atoms. The molecule has 0 aromatic heterocycles. The highest BCUT2D eigenvalue weighted by molar-refractivity contribution is 6.14. The van der Waals surface area contributed by atoms with E-state index in [9.17, 15) is 9.59 Å². The van der Waals surface area contributed by atoms with Crippen LogP contribution in [0.2, 0.25) is 0 Å². The van der Waals surface area contributed by atoms with Crippen molar-refractivity contribution in [3.05, 3.63) is 59.4 Å². The Hall–Kier alpha value is -3.08. The second-order valence-corrected chi connectivity index (χ2v) is 5.20. The smallest absolute Gasteiger partial charge is 0.308 e. The van der Waals surface area contributed by atoms with Gasteiger partial charge in [0.2, 0.25) is 5.78 Å². The number of hydrogen-bond acceptors (Lipinski definition) is 5. The van der Waals surface area contributed by atoms with Crippen LogP contribution in [0.3, 0.4) is 0 Å². The number of fused-ring (bicyclic) bond motifs is 1. The van der Waals surface area contributed by atoms with Crippen molar-refractivity contribution < 1.29 is 23.8 Å². The molecule has 0 unspecified atom stereocenters. The first-order valence-corrected chi connectivity index (χ1v) is 7.56. The Labute approximate surface area is 139 Å². The molecule has 24 heavy (non-hydrogen) atoms. The zero-order chi connectivity index (χ0) is 17.1. The van der Waals surface area contributed by atoms with Gasteiger partial charge in [0.25, 0.3) is 0 Å². The number of carbonyl (C=O) groups excluding carboxylic acids is 2. The van der Waals surface area contributed by atoms with Gasteiger partial charge in [-0.15, -0.1) is 0 Å². The zero-order valence-electron chi connectivity index (χ0n) is 13.4. The Morgan fingerprint density at radius 1 is 1.17 bits per heavy atom. The number of hydrogen-bond donors (Lipinski definition) is 0. The molecule has 0 N–H and O–H groups in total. The van der Waals surface area contributed by atoms with Crippen molar-refractivity contribution in [2.75, 3.05) is 6.61 Å². The monoisotopic (exact) mass is 324 g/mol. The van der Waals surface area contributed by atoms with Crippen molar-refractivity contribution >= 4 is 17.8 Å². The van der Waals surface area contributed by atoms with Gasteiger partial charge in [-0.3, -0.25) is 9.59 Å². The summed E-state index contributed by atoms with van der Waals surface area (Å²) in [5, 5.41) is 0. The van der Waals surface area contributed by atoms with Gasteiger partial charge in [0.05, 0.1) is 12.2 Å². The fraction of sp³-hybridized carbons (Fsp3) is 0.158. The van der Waals surface area contributed by atoms with Crippen LogP contribution < -0.4 is 14.2 Å². The van der Waals surface area contributed by atoms with Crippen molar-refractivity contribution in [1.29, 1.82) is 0 Å². The molecular weight excluding hydrogens is 308 g/mol. The molecule has 1 aliphatic heterocycles. The number of rotatable bonds is 4. The molecule has 0 saturated heterocycles. The summed E-state index contributed by atoms with van der Waals surface area (Å²) < 4.78 is 16.1. The molecule has 1 heterocycles. The first-order chi connectivity index (χ1) is 11.6. The molecule has 0 atom stereocenters. The highest BCUT2D eigenvalue weighted by Crippen LogP contribution is 2.35. The van der Waals surface area contributed by atoms with Gasteiger partial charge < -0.3 is 14.2 Å². The lowest BCUT2D eigenvalue weighted by Gasteiger charge is -2.04. The van der Waals surface area contributed by atoms with Crippen LogP contribution >= 0.6 is 0 Å². The zero-order valence-corrected chi connectivity index (χ0v) is 13.4. The summed E-state index contributed by atoms with van der Waals surface area (Å²) in [6.45, 7) is 3.76. The van der Waals surface area contributed by atoms with E-state index in [1.54, 1.807) is 48.5 Å². The van der Waals surface area contributed by atoms with Gasteiger partial charge in [-0.25, -0.2) is 0 Å². The lowest BCUT2D eigenvalue weighted by molar-refractivity contribution is -0.131. The standard InChI is InChI=1S/C19H16O5/c1-3-22-14-7-8-16-17(11-14)24-18(19(16)21)10-13-5-4-6-15(9-13)23-12(2)20/h4-11H,3H2,1-2H3/b18-10-. The molecule has 5 heteroatoms. The van der Waals surface area contributed by atoms with E-state index >= 15 is 0 Å². The number of esters is 1. The van der Waals surface area contributed by atoms with Gasteiger partial charge in [0.1, 0.15) is 17.2 Å². The normalized spacial score (nSPS) is 14.2. The van der Waals surface area contributed by atoms with Crippen molar-refractivity contribution in [2.24, 2.45) is 0 Å². The van der Waals surface area contributed by atoms with Gasteiger partial charge in [0, 0.05) is 13.0 Å². The predicted molar refractivity (Wildman–Crippen MR) is 88.3 cm³/mol. The van der Waals surface area contributed by atoms with Gasteiger partial charge in [0.15, 0.2) is 5.76 Å². The molecule has 3 rings (SSSR count). The molecule has 0 amide bonds. The molecule has 2 aromatic carbocycles. The van der Waals surface area contributed by atoms with Crippen molar-refractivity contribution in [2.45, 2.75) is 13.8 Å². The summed E-state index contributed by atoms with van der Waals surface area (Å²) >= 11 is 0. The minimum absolute atomic E-state index is 0.189. The van der Waals surface area contributed by atoms with Crippen LogP contribution in [-0.2, 0) is 4.79 Å². The van der Waals surface area contributed by atoms with E-state index in [1.807, 2.05) is 6.92 Å². The Kier molecular flexibility index (Phi) is 4.33. The number of benzene rings is 2. The van der Waals surface area contributed by atoms with Crippen molar-refractivity contribution in [1.82, 2.24) is 0 Å². The van der Waals surface area contributed by atoms with Gasteiger partial charge >= 0.3 is 5.97 Å². The average molecular weight is 324 g/mol. The molecule has 0 radical (unpaired) electrons. The fourth-order valence-electron chi connectivity index (χ4n) is 2.41. The molecule has 122 valence electrons. The summed E-state index contributed by atoms with van der Waals surface area (Å²) in [6, 6.07) is 12.0. The van der Waals surface area contributed by atoms with Crippen LogP contribution in [0.1, 0.15) is 29.8 Å².